The molecule has 0 amide bonds. The SMILES string of the molecule is CCCCCCCCOc1ccc2c(c1F)CCc1c-2ccc(OCCC)c1F. The Kier molecular flexibility index (Phi) is 7.91. The fourth-order valence-electron chi connectivity index (χ4n) is 3.94. The number of ether oxygens (including phenoxy) is 2. The molecule has 2 nitrogen and oxygen atoms in total. The molecule has 0 bridgehead atoms. The van der Waals surface area contributed by atoms with Crippen molar-refractivity contribution < 1.29 is 18.3 Å². The summed E-state index contributed by atoms with van der Waals surface area (Å²) < 4.78 is 41.1. The van der Waals surface area contributed by atoms with Gasteiger partial charge in [0.15, 0.2) is 23.1 Å². The van der Waals surface area contributed by atoms with Crippen LogP contribution in [0.25, 0.3) is 11.1 Å². The summed E-state index contributed by atoms with van der Waals surface area (Å²) >= 11 is 0. The van der Waals surface area contributed by atoms with Crippen LogP contribution in [0.15, 0.2) is 24.3 Å². The number of rotatable bonds is 11. The first-order valence-electron chi connectivity index (χ1n) is 11.1. The van der Waals surface area contributed by atoms with Gasteiger partial charge in [0.2, 0.25) is 0 Å². The molecule has 0 fully saturated rings. The van der Waals surface area contributed by atoms with E-state index in [1.807, 2.05) is 19.1 Å². The van der Waals surface area contributed by atoms with Gasteiger partial charge >= 0.3 is 0 Å². The number of benzene rings is 2. The van der Waals surface area contributed by atoms with Crippen LogP contribution in [0.4, 0.5) is 8.78 Å². The minimum absolute atomic E-state index is 0.286. The molecule has 0 saturated carbocycles. The monoisotopic (exact) mass is 402 g/mol. The summed E-state index contributed by atoms with van der Waals surface area (Å²) in [4.78, 5) is 0. The fourth-order valence-corrected chi connectivity index (χ4v) is 3.94. The van der Waals surface area contributed by atoms with Crippen LogP contribution < -0.4 is 9.47 Å². The second-order valence-corrected chi connectivity index (χ2v) is 7.77. The number of hydrogen-bond acceptors (Lipinski definition) is 2. The summed E-state index contributed by atoms with van der Waals surface area (Å²) in [5.41, 5.74) is 2.76. The molecule has 0 saturated heterocycles. The van der Waals surface area contributed by atoms with Crippen LogP contribution in [0.3, 0.4) is 0 Å². The van der Waals surface area contributed by atoms with E-state index in [0.717, 1.165) is 30.4 Å². The van der Waals surface area contributed by atoms with E-state index in [-0.39, 0.29) is 17.4 Å². The van der Waals surface area contributed by atoms with Crippen LogP contribution in [0.5, 0.6) is 11.5 Å². The maximum absolute atomic E-state index is 15.0. The van der Waals surface area contributed by atoms with E-state index in [1.165, 1.54) is 25.7 Å². The first-order chi connectivity index (χ1) is 14.2. The lowest BCUT2D eigenvalue weighted by molar-refractivity contribution is 0.289. The van der Waals surface area contributed by atoms with Crippen LogP contribution in [0.2, 0.25) is 0 Å². The normalized spacial score (nSPS) is 12.4. The highest BCUT2D eigenvalue weighted by molar-refractivity contribution is 5.75. The summed E-state index contributed by atoms with van der Waals surface area (Å²) in [5, 5.41) is 0. The summed E-state index contributed by atoms with van der Waals surface area (Å²) in [6.45, 7) is 5.21. The molecule has 29 heavy (non-hydrogen) atoms. The molecule has 2 aromatic rings. The maximum atomic E-state index is 15.0. The highest BCUT2D eigenvalue weighted by Crippen LogP contribution is 2.40. The quantitative estimate of drug-likeness (QED) is 0.368. The lowest BCUT2D eigenvalue weighted by atomic mass is 9.84. The van der Waals surface area contributed by atoms with E-state index in [1.54, 1.807) is 12.1 Å². The van der Waals surface area contributed by atoms with Crippen molar-refractivity contribution in [3.05, 3.63) is 47.0 Å². The zero-order valence-corrected chi connectivity index (χ0v) is 17.7. The summed E-state index contributed by atoms with van der Waals surface area (Å²) in [6, 6.07) is 7.04. The molecule has 3 rings (SSSR count). The smallest absolute Gasteiger partial charge is 0.168 e. The van der Waals surface area contributed by atoms with Gasteiger partial charge in [-0.25, -0.2) is 8.78 Å². The molecule has 0 aliphatic heterocycles. The zero-order valence-electron chi connectivity index (χ0n) is 17.7. The molecule has 4 heteroatoms. The average molecular weight is 403 g/mol. The highest BCUT2D eigenvalue weighted by Gasteiger charge is 2.25. The molecule has 1 aliphatic carbocycles. The van der Waals surface area contributed by atoms with Crippen LogP contribution in [-0.4, -0.2) is 13.2 Å². The van der Waals surface area contributed by atoms with Gasteiger partial charge in [-0.3, -0.25) is 0 Å². The first kappa shape index (κ1) is 21.6. The van der Waals surface area contributed by atoms with Gasteiger partial charge in [0.1, 0.15) is 0 Å². The number of fused-ring (bicyclic) bond motifs is 3. The van der Waals surface area contributed by atoms with Crippen molar-refractivity contribution in [1.29, 1.82) is 0 Å². The Bertz CT molecular complexity index is 817. The van der Waals surface area contributed by atoms with Crippen molar-refractivity contribution in [2.24, 2.45) is 0 Å². The van der Waals surface area contributed by atoms with Crippen molar-refractivity contribution in [2.75, 3.05) is 13.2 Å². The summed E-state index contributed by atoms with van der Waals surface area (Å²) in [6.07, 6.45) is 8.78. The van der Waals surface area contributed by atoms with Gasteiger partial charge in [0.05, 0.1) is 13.2 Å². The largest absolute Gasteiger partial charge is 0.491 e. The Balaban J connectivity index is 1.69. The topological polar surface area (TPSA) is 18.5 Å². The predicted octanol–water partition coefficient (Wildman–Crippen LogP) is 7.26. The molecule has 1 aliphatic rings. The Hall–Kier alpha value is -2.10. The number of hydrogen-bond donors (Lipinski definition) is 0. The van der Waals surface area contributed by atoms with Crippen LogP contribution >= 0.6 is 0 Å². The number of halogens is 2. The molecule has 0 N–H and O–H groups in total. The molecule has 0 atom stereocenters. The van der Waals surface area contributed by atoms with Gasteiger partial charge in [-0.05, 0) is 60.1 Å². The molecule has 2 aromatic carbocycles. The van der Waals surface area contributed by atoms with Crippen molar-refractivity contribution in [1.82, 2.24) is 0 Å². The van der Waals surface area contributed by atoms with Crippen LogP contribution in [0.1, 0.15) is 69.9 Å². The molecular weight excluding hydrogens is 370 g/mol. The zero-order chi connectivity index (χ0) is 20.6. The Morgan fingerprint density at radius 1 is 0.655 bits per heavy atom. The van der Waals surface area contributed by atoms with Crippen molar-refractivity contribution in [2.45, 2.75) is 71.6 Å². The van der Waals surface area contributed by atoms with Crippen LogP contribution in [-0.2, 0) is 12.8 Å². The van der Waals surface area contributed by atoms with Gasteiger partial charge < -0.3 is 9.47 Å². The molecular formula is C25H32F2O2. The molecule has 0 aromatic heterocycles. The van der Waals surface area contributed by atoms with Crippen LogP contribution in [0, 0.1) is 11.6 Å². The van der Waals surface area contributed by atoms with Gasteiger partial charge in [-0.2, -0.15) is 0 Å². The standard InChI is InChI=1S/C25H32F2O2/c1-3-5-6-7-8-9-17-29-23-15-13-19-18-12-14-22(28-16-4-2)24(26)20(18)10-11-21(19)25(23)27/h12-15H,3-11,16-17H2,1-2H3. The molecule has 0 radical (unpaired) electrons. The Morgan fingerprint density at radius 2 is 1.17 bits per heavy atom. The summed E-state index contributed by atoms with van der Waals surface area (Å²) in [5.74, 6) is -0.0196. The lowest BCUT2D eigenvalue weighted by Crippen LogP contribution is -2.11. The fraction of sp³-hybridized carbons (Fsp3) is 0.520. The molecule has 0 unspecified atom stereocenters. The second kappa shape index (κ2) is 10.6. The van der Waals surface area contributed by atoms with Crippen molar-refractivity contribution in [3.63, 3.8) is 0 Å². The highest BCUT2D eigenvalue weighted by atomic mass is 19.1. The molecule has 0 heterocycles. The minimum Gasteiger partial charge on any atom is -0.491 e. The molecule has 0 spiro atoms. The number of unbranched alkanes of at least 4 members (excludes halogenated alkanes) is 5. The third-order valence-electron chi connectivity index (χ3n) is 5.55. The van der Waals surface area contributed by atoms with Gasteiger partial charge in [-0.15, -0.1) is 0 Å². The lowest BCUT2D eigenvalue weighted by Gasteiger charge is -2.23. The summed E-state index contributed by atoms with van der Waals surface area (Å²) in [7, 11) is 0. The third kappa shape index (κ3) is 5.09. The average Bonchev–Trinajstić information content (AvgIpc) is 2.74. The predicted molar refractivity (Wildman–Crippen MR) is 114 cm³/mol. The van der Waals surface area contributed by atoms with E-state index in [4.69, 9.17) is 9.47 Å². The third-order valence-corrected chi connectivity index (χ3v) is 5.55. The van der Waals surface area contributed by atoms with E-state index >= 15 is 4.39 Å². The van der Waals surface area contributed by atoms with Gasteiger partial charge in [0, 0.05) is 0 Å². The molecule has 158 valence electrons. The first-order valence-corrected chi connectivity index (χ1v) is 11.1. The Morgan fingerprint density at radius 3 is 1.72 bits per heavy atom. The van der Waals surface area contributed by atoms with E-state index < -0.39 is 0 Å². The van der Waals surface area contributed by atoms with Gasteiger partial charge in [0.25, 0.3) is 0 Å². The van der Waals surface area contributed by atoms with E-state index in [0.29, 0.717) is 42.9 Å². The van der Waals surface area contributed by atoms with Gasteiger partial charge in [-0.1, -0.05) is 58.1 Å². The Labute approximate surface area is 173 Å². The van der Waals surface area contributed by atoms with Crippen molar-refractivity contribution >= 4 is 0 Å². The van der Waals surface area contributed by atoms with Crippen molar-refractivity contribution in [3.8, 4) is 22.6 Å². The van der Waals surface area contributed by atoms with E-state index in [2.05, 4.69) is 6.92 Å². The minimum atomic E-state index is -0.314. The second-order valence-electron chi connectivity index (χ2n) is 7.77. The van der Waals surface area contributed by atoms with E-state index in [9.17, 15) is 4.39 Å². The maximum Gasteiger partial charge on any atom is 0.168 e.